The van der Waals surface area contributed by atoms with Crippen LogP contribution in [-0.4, -0.2) is 57.4 Å². The van der Waals surface area contributed by atoms with Crippen LogP contribution in [0.3, 0.4) is 0 Å². The van der Waals surface area contributed by atoms with E-state index in [-0.39, 0.29) is 12.1 Å². The van der Waals surface area contributed by atoms with Gasteiger partial charge in [-0.05, 0) is 79.6 Å². The minimum atomic E-state index is -0.344. The molecular weight excluding hydrogens is 470 g/mol. The summed E-state index contributed by atoms with van der Waals surface area (Å²) >= 11 is 0. The van der Waals surface area contributed by atoms with Gasteiger partial charge in [-0.3, -0.25) is 0 Å². The van der Waals surface area contributed by atoms with Gasteiger partial charge in [0, 0.05) is 43.2 Å². The predicted octanol–water partition coefficient (Wildman–Crippen LogP) is 5.32. The van der Waals surface area contributed by atoms with E-state index in [1.807, 2.05) is 79.4 Å². The zero-order valence-corrected chi connectivity index (χ0v) is 21.6. The van der Waals surface area contributed by atoms with E-state index in [1.165, 1.54) is 0 Å². The highest BCUT2D eigenvalue weighted by molar-refractivity contribution is 6.00. The SMILES string of the molecule is COc1ccc(NC(=O)N2CCN(c3ccc(NC(=O)Nc4cc(C)ccc4OC)cc3)CC2)c(C)c1. The Hall–Kier alpha value is -4.40. The average Bonchev–Trinajstić information content (AvgIpc) is 2.90. The van der Waals surface area contributed by atoms with Gasteiger partial charge in [0.2, 0.25) is 0 Å². The van der Waals surface area contributed by atoms with Crippen LogP contribution in [0.25, 0.3) is 0 Å². The summed E-state index contributed by atoms with van der Waals surface area (Å²) in [5.41, 5.74) is 5.08. The number of aryl methyl sites for hydroxylation is 2. The van der Waals surface area contributed by atoms with Gasteiger partial charge in [-0.1, -0.05) is 6.07 Å². The van der Waals surface area contributed by atoms with Gasteiger partial charge >= 0.3 is 12.1 Å². The zero-order chi connectivity index (χ0) is 26.4. The highest BCUT2D eigenvalue weighted by Gasteiger charge is 2.22. The number of piperazine rings is 1. The Labute approximate surface area is 217 Å². The number of anilines is 4. The highest BCUT2D eigenvalue weighted by Crippen LogP contribution is 2.26. The van der Waals surface area contributed by atoms with Crippen LogP contribution in [0.5, 0.6) is 11.5 Å². The molecule has 4 rings (SSSR count). The molecule has 1 aliphatic heterocycles. The quantitative estimate of drug-likeness (QED) is 0.423. The van der Waals surface area contributed by atoms with Crippen LogP contribution in [0, 0.1) is 13.8 Å². The second-order valence-electron chi connectivity index (χ2n) is 8.91. The van der Waals surface area contributed by atoms with Crippen LogP contribution in [0.15, 0.2) is 60.7 Å². The topological polar surface area (TPSA) is 95.2 Å². The third-order valence-electron chi connectivity index (χ3n) is 6.34. The van der Waals surface area contributed by atoms with E-state index >= 15 is 0 Å². The molecule has 0 spiro atoms. The van der Waals surface area contributed by atoms with Gasteiger partial charge in [0.25, 0.3) is 0 Å². The van der Waals surface area contributed by atoms with E-state index in [0.717, 1.165) is 41.3 Å². The summed E-state index contributed by atoms with van der Waals surface area (Å²) in [5.74, 6) is 1.36. The van der Waals surface area contributed by atoms with Crippen LogP contribution < -0.4 is 30.3 Å². The van der Waals surface area contributed by atoms with Crippen LogP contribution in [0.2, 0.25) is 0 Å². The van der Waals surface area contributed by atoms with Crippen molar-refractivity contribution < 1.29 is 19.1 Å². The third-order valence-corrected chi connectivity index (χ3v) is 6.34. The van der Waals surface area contributed by atoms with Crippen molar-refractivity contribution in [1.82, 2.24) is 4.90 Å². The first-order valence-electron chi connectivity index (χ1n) is 12.1. The summed E-state index contributed by atoms with van der Waals surface area (Å²) in [7, 11) is 3.19. The molecule has 9 heteroatoms. The van der Waals surface area contributed by atoms with E-state index < -0.39 is 0 Å². The number of hydrogen-bond donors (Lipinski definition) is 3. The van der Waals surface area contributed by atoms with E-state index in [2.05, 4.69) is 20.9 Å². The molecule has 1 saturated heterocycles. The van der Waals surface area contributed by atoms with Crippen molar-refractivity contribution in [3.05, 3.63) is 71.8 Å². The molecule has 0 aromatic heterocycles. The number of carbonyl (C=O) groups is 2. The lowest BCUT2D eigenvalue weighted by Gasteiger charge is -2.36. The lowest BCUT2D eigenvalue weighted by Crippen LogP contribution is -2.50. The smallest absolute Gasteiger partial charge is 0.323 e. The van der Waals surface area contributed by atoms with Crippen LogP contribution >= 0.6 is 0 Å². The Bertz CT molecular complexity index is 1250. The fraction of sp³-hybridized carbons (Fsp3) is 0.286. The second-order valence-corrected chi connectivity index (χ2v) is 8.91. The average molecular weight is 504 g/mol. The van der Waals surface area contributed by atoms with Gasteiger partial charge in [-0.15, -0.1) is 0 Å². The number of methoxy groups -OCH3 is 2. The van der Waals surface area contributed by atoms with E-state index in [0.29, 0.717) is 30.2 Å². The Morgan fingerprint density at radius 1 is 0.757 bits per heavy atom. The normalized spacial score (nSPS) is 13.1. The maximum atomic E-state index is 12.8. The van der Waals surface area contributed by atoms with Crippen molar-refractivity contribution in [2.45, 2.75) is 13.8 Å². The van der Waals surface area contributed by atoms with Gasteiger partial charge in [0.15, 0.2) is 0 Å². The minimum absolute atomic E-state index is 0.108. The largest absolute Gasteiger partial charge is 0.497 e. The summed E-state index contributed by atoms with van der Waals surface area (Å²) in [4.78, 5) is 29.3. The standard InChI is InChI=1S/C28H33N5O4/c1-19-5-12-26(37-4)25(17-19)30-27(34)29-21-6-8-22(9-7-21)32-13-15-33(16-14-32)28(35)31-24-11-10-23(36-3)18-20(24)2/h5-12,17-18H,13-16H2,1-4H3,(H,31,35)(H2,29,30,34). The van der Waals surface area contributed by atoms with Crippen molar-refractivity contribution in [2.75, 3.05) is 61.2 Å². The van der Waals surface area contributed by atoms with Crippen LogP contribution in [0.1, 0.15) is 11.1 Å². The molecule has 3 aromatic rings. The molecule has 4 amide bonds. The van der Waals surface area contributed by atoms with Crippen molar-refractivity contribution in [3.8, 4) is 11.5 Å². The molecule has 0 atom stereocenters. The molecule has 1 heterocycles. The fourth-order valence-corrected chi connectivity index (χ4v) is 4.23. The maximum absolute atomic E-state index is 12.8. The number of carbonyl (C=O) groups excluding carboxylic acids is 2. The molecule has 0 bridgehead atoms. The maximum Gasteiger partial charge on any atom is 0.323 e. The number of rotatable bonds is 6. The lowest BCUT2D eigenvalue weighted by atomic mass is 10.2. The molecule has 1 fully saturated rings. The Morgan fingerprint density at radius 3 is 2.14 bits per heavy atom. The summed E-state index contributed by atoms with van der Waals surface area (Å²) in [6, 6.07) is 18.4. The number of nitrogens with zero attached hydrogens (tertiary/aromatic N) is 2. The van der Waals surface area contributed by atoms with Crippen LogP contribution in [0.4, 0.5) is 32.3 Å². The number of nitrogens with one attached hydrogen (secondary N) is 3. The molecule has 37 heavy (non-hydrogen) atoms. The molecular formula is C28H33N5O4. The number of hydrogen-bond acceptors (Lipinski definition) is 5. The van der Waals surface area contributed by atoms with Crippen LogP contribution in [-0.2, 0) is 0 Å². The zero-order valence-electron chi connectivity index (χ0n) is 21.6. The molecule has 1 aliphatic rings. The predicted molar refractivity (Wildman–Crippen MR) is 147 cm³/mol. The highest BCUT2D eigenvalue weighted by atomic mass is 16.5. The fourth-order valence-electron chi connectivity index (χ4n) is 4.23. The molecule has 3 aromatic carbocycles. The monoisotopic (exact) mass is 503 g/mol. The van der Waals surface area contributed by atoms with Gasteiger partial charge in [-0.25, -0.2) is 9.59 Å². The van der Waals surface area contributed by atoms with Gasteiger partial charge in [0.1, 0.15) is 11.5 Å². The number of urea groups is 2. The first kappa shape index (κ1) is 25.7. The Balaban J connectivity index is 1.28. The molecule has 9 nitrogen and oxygen atoms in total. The van der Waals surface area contributed by atoms with Crippen molar-refractivity contribution in [3.63, 3.8) is 0 Å². The Morgan fingerprint density at radius 2 is 1.49 bits per heavy atom. The van der Waals surface area contributed by atoms with Crippen molar-refractivity contribution >= 4 is 34.8 Å². The van der Waals surface area contributed by atoms with E-state index in [4.69, 9.17) is 9.47 Å². The molecule has 0 unspecified atom stereocenters. The van der Waals surface area contributed by atoms with E-state index in [1.54, 1.807) is 14.2 Å². The molecule has 0 saturated carbocycles. The van der Waals surface area contributed by atoms with Gasteiger partial charge < -0.3 is 35.2 Å². The van der Waals surface area contributed by atoms with Crippen molar-refractivity contribution in [1.29, 1.82) is 0 Å². The molecule has 0 radical (unpaired) electrons. The summed E-state index contributed by atoms with van der Waals surface area (Å²) in [5, 5.41) is 8.69. The molecule has 194 valence electrons. The first-order chi connectivity index (χ1) is 17.9. The summed E-state index contributed by atoms with van der Waals surface area (Å²) in [6.07, 6.45) is 0. The number of benzene rings is 3. The van der Waals surface area contributed by atoms with Gasteiger partial charge in [0.05, 0.1) is 19.9 Å². The number of amides is 4. The number of ether oxygens (including phenoxy) is 2. The molecule has 0 aliphatic carbocycles. The molecule has 3 N–H and O–H groups in total. The summed E-state index contributed by atoms with van der Waals surface area (Å²) < 4.78 is 10.5. The first-order valence-corrected chi connectivity index (χ1v) is 12.1. The summed E-state index contributed by atoms with van der Waals surface area (Å²) in [6.45, 7) is 6.56. The second kappa shape index (κ2) is 11.6. The third kappa shape index (κ3) is 6.43. The lowest BCUT2D eigenvalue weighted by molar-refractivity contribution is 0.208. The van der Waals surface area contributed by atoms with Gasteiger partial charge in [-0.2, -0.15) is 0 Å². The van der Waals surface area contributed by atoms with Crippen molar-refractivity contribution in [2.24, 2.45) is 0 Å². The minimum Gasteiger partial charge on any atom is -0.497 e. The Kier molecular flexibility index (Phi) is 8.02. The van der Waals surface area contributed by atoms with E-state index in [9.17, 15) is 9.59 Å².